The Morgan fingerprint density at radius 3 is 2.72 bits per heavy atom. The zero-order chi connectivity index (χ0) is 25.2. The molecule has 0 N–H and O–H groups in total. The molecular weight excluding hydrogens is 478 g/mol. The molecule has 1 saturated heterocycles. The van der Waals surface area contributed by atoms with Gasteiger partial charge in [0.15, 0.2) is 5.13 Å². The van der Waals surface area contributed by atoms with E-state index in [-0.39, 0.29) is 23.7 Å². The molecule has 2 aromatic carbocycles. The Labute approximate surface area is 212 Å². The number of benzene rings is 2. The van der Waals surface area contributed by atoms with Crippen LogP contribution in [0.5, 0.6) is 0 Å². The second-order valence-corrected chi connectivity index (χ2v) is 9.67. The first kappa shape index (κ1) is 23.8. The lowest BCUT2D eigenvalue weighted by atomic mass is 10.1. The van der Waals surface area contributed by atoms with Crippen molar-refractivity contribution in [3.63, 3.8) is 0 Å². The highest BCUT2D eigenvalue weighted by Gasteiger charge is 2.27. The Balaban J connectivity index is 1.56. The fraction of sp³-hybridized carbons (Fsp3) is 0.269. The van der Waals surface area contributed by atoms with Crippen molar-refractivity contribution in [2.24, 2.45) is 0 Å². The highest BCUT2D eigenvalue weighted by molar-refractivity contribution is 7.22. The number of nitrogens with zero attached hydrogens (tertiary/aromatic N) is 5. The Morgan fingerprint density at radius 1 is 1.19 bits per heavy atom. The van der Waals surface area contributed by atoms with E-state index in [1.54, 1.807) is 29.4 Å². The van der Waals surface area contributed by atoms with Crippen molar-refractivity contribution >= 4 is 44.0 Å². The molecule has 1 aliphatic heterocycles. The summed E-state index contributed by atoms with van der Waals surface area (Å²) in [5, 5.41) is 12.5. The zero-order valence-electron chi connectivity index (χ0n) is 20.0. The second-order valence-electron chi connectivity index (χ2n) is 8.66. The van der Waals surface area contributed by atoms with Gasteiger partial charge in [-0.3, -0.25) is 24.8 Å². The highest BCUT2D eigenvalue weighted by Crippen LogP contribution is 2.35. The number of morpholine rings is 1. The van der Waals surface area contributed by atoms with Crippen molar-refractivity contribution < 1.29 is 14.5 Å². The van der Waals surface area contributed by atoms with Crippen LogP contribution < -0.4 is 9.80 Å². The molecule has 184 valence electrons. The lowest BCUT2D eigenvalue weighted by Crippen LogP contribution is -2.36. The lowest BCUT2D eigenvalue weighted by Gasteiger charge is -2.28. The van der Waals surface area contributed by atoms with Crippen LogP contribution in [0.2, 0.25) is 0 Å². The molecule has 9 nitrogen and oxygen atoms in total. The Morgan fingerprint density at radius 2 is 2.00 bits per heavy atom. The molecule has 3 heterocycles. The Kier molecular flexibility index (Phi) is 6.62. The fourth-order valence-electron chi connectivity index (χ4n) is 4.26. The Bertz CT molecular complexity index is 1430. The molecule has 0 atom stereocenters. The molecule has 0 spiro atoms. The SMILES string of the molecule is Cc1ccc2sc(N(Cc3cccnc3)C(=O)c3ccc(N4CCOCC4)c([N+](=O)[O-])c3)nc2c1C. The number of amides is 1. The van der Waals surface area contributed by atoms with Crippen LogP contribution in [0.3, 0.4) is 0 Å². The standard InChI is InChI=1S/C26H25N5O4S/c1-17-5-8-23-24(18(17)2)28-26(36-23)30(16-19-4-3-9-27-15-19)25(32)20-6-7-21(22(14-20)31(33)34)29-10-12-35-13-11-29/h3-9,14-15H,10-13,16H2,1-2H3. The van der Waals surface area contributed by atoms with Gasteiger partial charge in [0.1, 0.15) is 5.69 Å². The number of aromatic nitrogens is 2. The van der Waals surface area contributed by atoms with Crippen LogP contribution in [0.25, 0.3) is 10.2 Å². The second kappa shape index (κ2) is 10.00. The van der Waals surface area contributed by atoms with Gasteiger partial charge in [-0.05, 0) is 54.8 Å². The van der Waals surface area contributed by atoms with Crippen molar-refractivity contribution in [1.82, 2.24) is 9.97 Å². The van der Waals surface area contributed by atoms with Gasteiger partial charge < -0.3 is 9.64 Å². The van der Waals surface area contributed by atoms with Gasteiger partial charge in [0.05, 0.1) is 34.9 Å². The number of rotatable bonds is 6. The molecule has 0 unspecified atom stereocenters. The monoisotopic (exact) mass is 503 g/mol. The number of hydrogen-bond donors (Lipinski definition) is 0. The maximum absolute atomic E-state index is 13.9. The van der Waals surface area contributed by atoms with E-state index in [0.717, 1.165) is 26.9 Å². The number of thiazole rings is 1. The summed E-state index contributed by atoms with van der Waals surface area (Å²) in [5.74, 6) is -0.357. The van der Waals surface area contributed by atoms with Crippen LogP contribution in [0.15, 0.2) is 54.9 Å². The van der Waals surface area contributed by atoms with Crippen LogP contribution in [0.1, 0.15) is 27.0 Å². The fourth-order valence-corrected chi connectivity index (χ4v) is 5.28. The third kappa shape index (κ3) is 4.65. The molecule has 0 bridgehead atoms. The van der Waals surface area contributed by atoms with Crippen LogP contribution in [-0.4, -0.2) is 47.1 Å². The molecule has 1 aliphatic rings. The van der Waals surface area contributed by atoms with Gasteiger partial charge in [-0.25, -0.2) is 4.98 Å². The number of fused-ring (bicyclic) bond motifs is 1. The predicted octanol–water partition coefficient (Wildman–Crippen LogP) is 4.90. The zero-order valence-corrected chi connectivity index (χ0v) is 20.8. The van der Waals surface area contributed by atoms with Gasteiger partial charge in [0.25, 0.3) is 11.6 Å². The number of pyridine rings is 1. The quantitative estimate of drug-likeness (QED) is 0.272. The minimum Gasteiger partial charge on any atom is -0.378 e. The third-order valence-corrected chi connectivity index (χ3v) is 7.43. The summed E-state index contributed by atoms with van der Waals surface area (Å²) in [6.45, 7) is 6.42. The normalized spacial score (nSPS) is 13.7. The summed E-state index contributed by atoms with van der Waals surface area (Å²) < 4.78 is 6.36. The largest absolute Gasteiger partial charge is 0.378 e. The average Bonchev–Trinajstić information content (AvgIpc) is 3.34. The van der Waals surface area contributed by atoms with Gasteiger partial charge in [-0.2, -0.15) is 0 Å². The first-order valence-corrected chi connectivity index (χ1v) is 12.4. The molecule has 1 fully saturated rings. The van der Waals surface area contributed by atoms with E-state index in [0.29, 0.717) is 37.1 Å². The first-order valence-electron chi connectivity index (χ1n) is 11.6. The number of nitro benzene ring substituents is 1. The summed E-state index contributed by atoms with van der Waals surface area (Å²) in [6.07, 6.45) is 3.38. The molecule has 4 aromatic rings. The summed E-state index contributed by atoms with van der Waals surface area (Å²) in [5.41, 5.74) is 4.50. The molecule has 2 aromatic heterocycles. The number of carbonyl (C=O) groups is 1. The van der Waals surface area contributed by atoms with Crippen LogP contribution in [0, 0.1) is 24.0 Å². The third-order valence-electron chi connectivity index (χ3n) is 6.38. The van der Waals surface area contributed by atoms with Crippen molar-refractivity contribution in [3.05, 3.63) is 87.2 Å². The summed E-state index contributed by atoms with van der Waals surface area (Å²) in [6, 6.07) is 12.4. The van der Waals surface area contributed by atoms with E-state index < -0.39 is 4.92 Å². The Hall–Kier alpha value is -3.89. The first-order chi connectivity index (χ1) is 17.4. The number of nitro groups is 1. The van der Waals surface area contributed by atoms with Gasteiger partial charge in [0, 0.05) is 37.1 Å². The molecule has 0 radical (unpaired) electrons. The van der Waals surface area contributed by atoms with Crippen molar-refractivity contribution in [3.8, 4) is 0 Å². The molecule has 0 aliphatic carbocycles. The number of carbonyl (C=O) groups excluding carboxylic acids is 1. The van der Waals surface area contributed by atoms with E-state index in [4.69, 9.17) is 9.72 Å². The summed E-state index contributed by atoms with van der Waals surface area (Å²) >= 11 is 1.42. The maximum atomic E-state index is 13.9. The molecule has 10 heteroatoms. The van der Waals surface area contributed by atoms with Gasteiger partial charge in [0.2, 0.25) is 0 Å². The van der Waals surface area contributed by atoms with Gasteiger partial charge >= 0.3 is 0 Å². The predicted molar refractivity (Wildman–Crippen MR) is 140 cm³/mol. The minimum atomic E-state index is -0.434. The van der Waals surface area contributed by atoms with Crippen molar-refractivity contribution in [1.29, 1.82) is 0 Å². The van der Waals surface area contributed by atoms with E-state index in [1.165, 1.54) is 17.4 Å². The smallest absolute Gasteiger partial charge is 0.293 e. The molecule has 0 saturated carbocycles. The molecule has 36 heavy (non-hydrogen) atoms. The molecule has 5 rings (SSSR count). The van der Waals surface area contributed by atoms with Crippen molar-refractivity contribution in [2.45, 2.75) is 20.4 Å². The summed E-state index contributed by atoms with van der Waals surface area (Å²) in [7, 11) is 0. The van der Waals surface area contributed by atoms with E-state index in [9.17, 15) is 14.9 Å². The summed E-state index contributed by atoms with van der Waals surface area (Å²) in [4.78, 5) is 37.9. The van der Waals surface area contributed by atoms with Gasteiger partial charge in [-0.1, -0.05) is 23.5 Å². The van der Waals surface area contributed by atoms with E-state index >= 15 is 0 Å². The maximum Gasteiger partial charge on any atom is 0.293 e. The van der Waals surface area contributed by atoms with E-state index in [2.05, 4.69) is 4.98 Å². The average molecular weight is 504 g/mol. The van der Waals surface area contributed by atoms with Gasteiger partial charge in [-0.15, -0.1) is 0 Å². The van der Waals surface area contributed by atoms with Crippen LogP contribution in [0.4, 0.5) is 16.5 Å². The lowest BCUT2D eigenvalue weighted by molar-refractivity contribution is -0.384. The highest BCUT2D eigenvalue weighted by atomic mass is 32.1. The van der Waals surface area contributed by atoms with Crippen LogP contribution in [-0.2, 0) is 11.3 Å². The number of anilines is 2. The topological polar surface area (TPSA) is 102 Å². The minimum absolute atomic E-state index is 0.0974. The van der Waals surface area contributed by atoms with E-state index in [1.807, 2.05) is 43.0 Å². The van der Waals surface area contributed by atoms with Crippen LogP contribution >= 0.6 is 11.3 Å². The molecule has 1 amide bonds. The number of hydrogen-bond acceptors (Lipinski definition) is 8. The number of ether oxygens (including phenoxy) is 1. The van der Waals surface area contributed by atoms with Crippen molar-refractivity contribution in [2.75, 3.05) is 36.1 Å². The number of aryl methyl sites for hydroxylation is 2. The molecular formula is C26H25N5O4S.